The van der Waals surface area contributed by atoms with Crippen molar-refractivity contribution in [2.75, 3.05) is 0 Å². The number of pyridine rings is 2. The molecule has 5 nitrogen and oxygen atoms in total. The minimum atomic E-state index is -0.0654. The van der Waals surface area contributed by atoms with Crippen LogP contribution in [0.25, 0.3) is 0 Å². The maximum atomic E-state index is 5.70. The molecule has 0 amide bonds. The van der Waals surface area contributed by atoms with Crippen molar-refractivity contribution in [2.45, 2.75) is 18.6 Å². The Bertz CT molecular complexity index is 808. The van der Waals surface area contributed by atoms with Crippen molar-refractivity contribution in [3.63, 3.8) is 0 Å². The maximum Gasteiger partial charge on any atom is 0.170 e. The summed E-state index contributed by atoms with van der Waals surface area (Å²) in [6.07, 6.45) is 5.27. The molecule has 2 unspecified atom stereocenters. The molecular weight excluding hydrogens is 320 g/mol. The van der Waals surface area contributed by atoms with Gasteiger partial charge in [-0.2, -0.15) is 0 Å². The number of aromatic nitrogens is 2. The van der Waals surface area contributed by atoms with E-state index in [2.05, 4.69) is 20.2 Å². The molecule has 6 heteroatoms. The highest BCUT2D eigenvalue weighted by Gasteiger charge is 2.41. The van der Waals surface area contributed by atoms with Gasteiger partial charge in [-0.3, -0.25) is 9.97 Å². The van der Waals surface area contributed by atoms with Crippen LogP contribution in [0.3, 0.4) is 0 Å². The van der Waals surface area contributed by atoms with Gasteiger partial charge in [-0.15, -0.1) is 0 Å². The first-order valence-electron chi connectivity index (χ1n) is 7.74. The first-order valence-corrected chi connectivity index (χ1v) is 8.15. The van der Waals surface area contributed by atoms with E-state index in [1.54, 1.807) is 18.7 Å². The summed E-state index contributed by atoms with van der Waals surface area (Å²) in [5.74, 6) is 0.855. The second-order valence-corrected chi connectivity index (χ2v) is 5.98. The number of rotatable bonds is 4. The molecule has 2 atom stereocenters. The van der Waals surface area contributed by atoms with Gasteiger partial charge >= 0.3 is 0 Å². The van der Waals surface area contributed by atoms with E-state index in [9.17, 15) is 0 Å². The predicted molar refractivity (Wildman–Crippen MR) is 93.9 cm³/mol. The molecule has 4 rings (SSSR count). The van der Waals surface area contributed by atoms with E-state index in [-0.39, 0.29) is 12.1 Å². The Morgan fingerprint density at radius 1 is 1.04 bits per heavy atom. The van der Waals surface area contributed by atoms with Gasteiger partial charge < -0.3 is 14.6 Å². The first kappa shape index (κ1) is 14.8. The SMILES string of the molecule is S=C1NC(c2ccccn2)C(c2ccco2)N1Cc1ccccn1. The van der Waals surface area contributed by atoms with E-state index >= 15 is 0 Å². The number of furan rings is 1. The molecule has 1 aliphatic heterocycles. The van der Waals surface area contributed by atoms with Crippen LogP contribution in [-0.2, 0) is 6.54 Å². The van der Waals surface area contributed by atoms with Crippen LogP contribution in [0.15, 0.2) is 71.6 Å². The van der Waals surface area contributed by atoms with Gasteiger partial charge in [-0.25, -0.2) is 0 Å². The third-order valence-corrected chi connectivity index (χ3v) is 4.44. The van der Waals surface area contributed by atoms with Crippen LogP contribution in [0.5, 0.6) is 0 Å². The van der Waals surface area contributed by atoms with Gasteiger partial charge in [-0.05, 0) is 48.6 Å². The molecule has 0 aliphatic carbocycles. The minimum absolute atomic E-state index is 0.0615. The lowest BCUT2D eigenvalue weighted by Gasteiger charge is -2.25. The third kappa shape index (κ3) is 2.76. The zero-order chi connectivity index (χ0) is 16.4. The summed E-state index contributed by atoms with van der Waals surface area (Å²) in [5, 5.41) is 4.06. The molecular formula is C18H16N4OS. The molecule has 1 aliphatic rings. The highest BCUT2D eigenvalue weighted by atomic mass is 32.1. The lowest BCUT2D eigenvalue weighted by molar-refractivity contribution is 0.265. The average Bonchev–Trinajstić information content (AvgIpc) is 3.25. The largest absolute Gasteiger partial charge is 0.467 e. The van der Waals surface area contributed by atoms with Crippen LogP contribution in [0.2, 0.25) is 0 Å². The second-order valence-electron chi connectivity index (χ2n) is 5.59. The van der Waals surface area contributed by atoms with Gasteiger partial charge in [0.2, 0.25) is 0 Å². The molecule has 1 N–H and O–H groups in total. The molecule has 1 saturated heterocycles. The van der Waals surface area contributed by atoms with Crippen LogP contribution in [0.4, 0.5) is 0 Å². The highest BCUT2D eigenvalue weighted by Crippen LogP contribution is 2.39. The predicted octanol–water partition coefficient (Wildman–Crippen LogP) is 3.24. The Morgan fingerprint density at radius 2 is 1.88 bits per heavy atom. The van der Waals surface area contributed by atoms with Gasteiger partial charge in [0.25, 0.3) is 0 Å². The summed E-state index contributed by atoms with van der Waals surface area (Å²) in [7, 11) is 0. The molecule has 0 saturated carbocycles. The van der Waals surface area contributed by atoms with E-state index in [1.807, 2.05) is 48.5 Å². The number of nitrogens with one attached hydrogen (secondary N) is 1. The number of nitrogens with zero attached hydrogens (tertiary/aromatic N) is 3. The molecule has 1 fully saturated rings. The fraction of sp³-hybridized carbons (Fsp3) is 0.167. The summed E-state index contributed by atoms with van der Waals surface area (Å²) in [4.78, 5) is 11.0. The fourth-order valence-electron chi connectivity index (χ4n) is 3.01. The average molecular weight is 336 g/mol. The van der Waals surface area contributed by atoms with Crippen LogP contribution in [0, 0.1) is 0 Å². The first-order chi connectivity index (χ1) is 11.8. The van der Waals surface area contributed by atoms with Crippen LogP contribution < -0.4 is 5.32 Å². The van der Waals surface area contributed by atoms with Crippen molar-refractivity contribution < 1.29 is 4.42 Å². The Kier molecular flexibility index (Phi) is 3.96. The zero-order valence-corrected chi connectivity index (χ0v) is 13.7. The van der Waals surface area contributed by atoms with Crippen molar-refractivity contribution in [3.8, 4) is 0 Å². The Hall–Kier alpha value is -2.73. The molecule has 24 heavy (non-hydrogen) atoms. The summed E-state index contributed by atoms with van der Waals surface area (Å²) in [6, 6.07) is 15.5. The van der Waals surface area contributed by atoms with Crippen LogP contribution >= 0.6 is 12.2 Å². The maximum absolute atomic E-state index is 5.70. The van der Waals surface area contributed by atoms with Crippen LogP contribution in [-0.4, -0.2) is 20.0 Å². The highest BCUT2D eigenvalue weighted by molar-refractivity contribution is 7.80. The van der Waals surface area contributed by atoms with E-state index in [1.165, 1.54) is 0 Å². The molecule has 0 spiro atoms. The summed E-state index contributed by atoms with van der Waals surface area (Å²) in [6.45, 7) is 0.612. The van der Waals surface area contributed by atoms with E-state index in [4.69, 9.17) is 16.6 Å². The smallest absolute Gasteiger partial charge is 0.170 e. The summed E-state index contributed by atoms with van der Waals surface area (Å²) < 4.78 is 5.70. The quantitative estimate of drug-likeness (QED) is 0.738. The lowest BCUT2D eigenvalue weighted by Crippen LogP contribution is -2.29. The van der Waals surface area contributed by atoms with Gasteiger partial charge in [0.1, 0.15) is 11.8 Å². The van der Waals surface area contributed by atoms with Crippen molar-refractivity contribution in [2.24, 2.45) is 0 Å². The van der Waals surface area contributed by atoms with Crippen molar-refractivity contribution in [3.05, 3.63) is 84.3 Å². The van der Waals surface area contributed by atoms with Crippen molar-refractivity contribution in [1.29, 1.82) is 0 Å². The normalized spacial score (nSPS) is 20.2. The van der Waals surface area contributed by atoms with E-state index < -0.39 is 0 Å². The monoisotopic (exact) mass is 336 g/mol. The second kappa shape index (κ2) is 6.41. The fourth-order valence-corrected chi connectivity index (χ4v) is 3.32. The summed E-state index contributed by atoms with van der Waals surface area (Å²) >= 11 is 5.59. The van der Waals surface area contributed by atoms with Gasteiger partial charge in [0, 0.05) is 12.4 Å². The molecule has 4 heterocycles. The third-order valence-electron chi connectivity index (χ3n) is 4.09. The molecule has 120 valence electrons. The van der Waals surface area contributed by atoms with E-state index in [0.717, 1.165) is 17.1 Å². The molecule has 0 bridgehead atoms. The molecule has 3 aromatic heterocycles. The van der Waals surface area contributed by atoms with Crippen molar-refractivity contribution in [1.82, 2.24) is 20.2 Å². The lowest BCUT2D eigenvalue weighted by atomic mass is 10.0. The number of hydrogen-bond donors (Lipinski definition) is 1. The van der Waals surface area contributed by atoms with Crippen molar-refractivity contribution >= 4 is 17.3 Å². The van der Waals surface area contributed by atoms with Gasteiger partial charge in [-0.1, -0.05) is 12.1 Å². The van der Waals surface area contributed by atoms with Gasteiger partial charge in [0.15, 0.2) is 5.11 Å². The topological polar surface area (TPSA) is 54.2 Å². The standard InChI is InChI=1S/C18H16N4OS/c24-18-21-16(14-7-2-4-10-20-14)17(15-8-5-11-23-15)22(18)12-13-6-1-3-9-19-13/h1-11,16-17H,12H2,(H,21,24). The molecule has 0 aromatic carbocycles. The minimum Gasteiger partial charge on any atom is -0.467 e. The van der Waals surface area contributed by atoms with Crippen LogP contribution in [0.1, 0.15) is 29.2 Å². The van der Waals surface area contributed by atoms with Gasteiger partial charge in [0.05, 0.1) is 30.2 Å². The number of hydrogen-bond acceptors (Lipinski definition) is 4. The zero-order valence-electron chi connectivity index (χ0n) is 12.9. The summed E-state index contributed by atoms with van der Waals surface area (Å²) in [5.41, 5.74) is 1.89. The Morgan fingerprint density at radius 3 is 2.54 bits per heavy atom. The number of thiocarbonyl (C=S) groups is 1. The Balaban J connectivity index is 1.71. The molecule has 0 radical (unpaired) electrons. The molecule has 3 aromatic rings. The Labute approximate surface area is 145 Å². The van der Waals surface area contributed by atoms with E-state index in [0.29, 0.717) is 11.7 Å².